The Morgan fingerprint density at radius 1 is 1.40 bits per heavy atom. The van der Waals surface area contributed by atoms with E-state index in [1.807, 2.05) is 6.07 Å². The van der Waals surface area contributed by atoms with E-state index in [1.165, 1.54) is 0 Å². The van der Waals surface area contributed by atoms with Gasteiger partial charge in [-0.25, -0.2) is 4.79 Å². The minimum Gasteiger partial charge on any atom is -0.423 e. The Hall–Kier alpha value is -1.79. The lowest BCUT2D eigenvalue weighted by molar-refractivity contribution is 0.560. The standard InChI is InChI=1S/C11H6ClNO2/c1-6-2-10-8(4-9(6)12)7(5-13)3-11(14)15-10/h2-4H,1H3. The van der Waals surface area contributed by atoms with Crippen LogP contribution in [0.3, 0.4) is 0 Å². The van der Waals surface area contributed by atoms with Gasteiger partial charge in [0, 0.05) is 16.5 Å². The van der Waals surface area contributed by atoms with Crippen molar-refractivity contribution in [2.45, 2.75) is 6.92 Å². The predicted molar refractivity (Wildman–Crippen MR) is 56.9 cm³/mol. The summed E-state index contributed by atoms with van der Waals surface area (Å²) >= 11 is 5.93. The van der Waals surface area contributed by atoms with Gasteiger partial charge in [0.25, 0.3) is 0 Å². The summed E-state index contributed by atoms with van der Waals surface area (Å²) in [5, 5.41) is 9.96. The molecule has 74 valence electrons. The molecule has 0 saturated heterocycles. The monoisotopic (exact) mass is 219 g/mol. The lowest BCUT2D eigenvalue weighted by atomic mass is 10.1. The largest absolute Gasteiger partial charge is 0.423 e. The average Bonchev–Trinajstić information content (AvgIpc) is 2.19. The summed E-state index contributed by atoms with van der Waals surface area (Å²) in [5.41, 5.74) is 0.951. The molecule has 0 aliphatic heterocycles. The van der Waals surface area contributed by atoms with Crippen LogP contribution >= 0.6 is 11.6 Å². The van der Waals surface area contributed by atoms with Crippen LogP contribution in [0, 0.1) is 18.3 Å². The van der Waals surface area contributed by atoms with E-state index < -0.39 is 5.63 Å². The van der Waals surface area contributed by atoms with Gasteiger partial charge in [-0.1, -0.05) is 11.6 Å². The normalized spacial score (nSPS) is 10.2. The lowest BCUT2D eigenvalue weighted by Gasteiger charge is -2.01. The van der Waals surface area contributed by atoms with Crippen molar-refractivity contribution in [1.29, 1.82) is 5.26 Å². The molecule has 0 fully saturated rings. The average molecular weight is 220 g/mol. The summed E-state index contributed by atoms with van der Waals surface area (Å²) in [6.45, 7) is 1.81. The first-order valence-electron chi connectivity index (χ1n) is 4.26. The molecule has 0 aliphatic rings. The van der Waals surface area contributed by atoms with Gasteiger partial charge in [-0.2, -0.15) is 5.26 Å². The second kappa shape index (κ2) is 3.41. The molecular weight excluding hydrogens is 214 g/mol. The van der Waals surface area contributed by atoms with Crippen LogP contribution < -0.4 is 5.63 Å². The summed E-state index contributed by atoms with van der Waals surface area (Å²) in [5.74, 6) is 0. The number of halogens is 1. The zero-order valence-corrected chi connectivity index (χ0v) is 8.63. The highest BCUT2D eigenvalue weighted by Gasteiger charge is 2.07. The van der Waals surface area contributed by atoms with Crippen molar-refractivity contribution in [3.8, 4) is 6.07 Å². The number of fused-ring (bicyclic) bond motifs is 1. The Labute approximate surface area is 90.5 Å². The molecule has 1 heterocycles. The van der Waals surface area contributed by atoms with Crippen LogP contribution in [-0.2, 0) is 0 Å². The maximum Gasteiger partial charge on any atom is 0.337 e. The van der Waals surface area contributed by atoms with Crippen molar-refractivity contribution >= 4 is 22.6 Å². The van der Waals surface area contributed by atoms with E-state index >= 15 is 0 Å². The molecule has 2 aromatic rings. The van der Waals surface area contributed by atoms with Crippen LogP contribution in [0.1, 0.15) is 11.1 Å². The minimum absolute atomic E-state index is 0.281. The SMILES string of the molecule is Cc1cc2oc(=O)cc(C#N)c2cc1Cl. The van der Waals surface area contributed by atoms with Gasteiger partial charge in [-0.3, -0.25) is 0 Å². The van der Waals surface area contributed by atoms with Gasteiger partial charge in [0.2, 0.25) is 0 Å². The molecule has 0 radical (unpaired) electrons. The number of rotatable bonds is 0. The maximum absolute atomic E-state index is 11.1. The molecule has 0 N–H and O–H groups in total. The number of hydrogen-bond acceptors (Lipinski definition) is 3. The molecule has 0 atom stereocenters. The van der Waals surface area contributed by atoms with Crippen molar-refractivity contribution in [3.63, 3.8) is 0 Å². The highest BCUT2D eigenvalue weighted by Crippen LogP contribution is 2.24. The van der Waals surface area contributed by atoms with Crippen molar-refractivity contribution in [2.24, 2.45) is 0 Å². The third-order valence-corrected chi connectivity index (χ3v) is 2.55. The van der Waals surface area contributed by atoms with Crippen molar-refractivity contribution in [1.82, 2.24) is 0 Å². The fourth-order valence-corrected chi connectivity index (χ4v) is 1.54. The second-order valence-electron chi connectivity index (χ2n) is 3.19. The van der Waals surface area contributed by atoms with Gasteiger partial charge < -0.3 is 4.42 Å². The fraction of sp³-hybridized carbons (Fsp3) is 0.0909. The molecule has 0 amide bonds. The highest BCUT2D eigenvalue weighted by molar-refractivity contribution is 6.32. The fourth-order valence-electron chi connectivity index (χ4n) is 1.38. The van der Waals surface area contributed by atoms with Crippen LogP contribution in [0.2, 0.25) is 5.02 Å². The summed E-state index contributed by atoms with van der Waals surface area (Å²) in [6.07, 6.45) is 0. The van der Waals surface area contributed by atoms with Crippen LogP contribution in [0.25, 0.3) is 11.0 Å². The molecule has 3 nitrogen and oxygen atoms in total. The van der Waals surface area contributed by atoms with Gasteiger partial charge in [-0.15, -0.1) is 0 Å². The van der Waals surface area contributed by atoms with Crippen LogP contribution in [0.5, 0.6) is 0 Å². The van der Waals surface area contributed by atoms with Crippen molar-refractivity contribution < 1.29 is 4.42 Å². The van der Waals surface area contributed by atoms with E-state index in [0.717, 1.165) is 11.6 Å². The Kier molecular flexibility index (Phi) is 2.22. The first-order chi connectivity index (χ1) is 7.11. The summed E-state index contributed by atoms with van der Waals surface area (Å²) in [6, 6.07) is 6.38. The Morgan fingerprint density at radius 3 is 2.80 bits per heavy atom. The summed E-state index contributed by atoms with van der Waals surface area (Å²) in [7, 11) is 0. The molecule has 4 heteroatoms. The van der Waals surface area contributed by atoms with E-state index in [9.17, 15) is 4.79 Å². The van der Waals surface area contributed by atoms with Gasteiger partial charge in [-0.05, 0) is 24.6 Å². The number of nitriles is 1. The number of nitrogens with zero attached hydrogens (tertiary/aromatic N) is 1. The highest BCUT2D eigenvalue weighted by atomic mass is 35.5. The van der Waals surface area contributed by atoms with E-state index in [-0.39, 0.29) is 5.56 Å². The lowest BCUT2D eigenvalue weighted by Crippen LogP contribution is -1.98. The van der Waals surface area contributed by atoms with E-state index in [1.54, 1.807) is 19.1 Å². The van der Waals surface area contributed by atoms with E-state index in [4.69, 9.17) is 21.3 Å². The third-order valence-electron chi connectivity index (χ3n) is 2.14. The summed E-state index contributed by atoms with van der Waals surface area (Å²) < 4.78 is 4.97. The molecular formula is C11H6ClNO2. The first kappa shape index (κ1) is 9.75. The molecule has 0 bridgehead atoms. The molecule has 15 heavy (non-hydrogen) atoms. The maximum atomic E-state index is 11.1. The van der Waals surface area contributed by atoms with Gasteiger partial charge in [0.05, 0.1) is 5.56 Å². The topological polar surface area (TPSA) is 54.0 Å². The van der Waals surface area contributed by atoms with Gasteiger partial charge >= 0.3 is 5.63 Å². The first-order valence-corrected chi connectivity index (χ1v) is 4.63. The molecule has 2 rings (SSSR count). The smallest absolute Gasteiger partial charge is 0.337 e. The molecule has 1 aromatic heterocycles. The predicted octanol–water partition coefficient (Wildman–Crippen LogP) is 2.63. The van der Waals surface area contributed by atoms with Crippen LogP contribution in [0.4, 0.5) is 0 Å². The zero-order valence-electron chi connectivity index (χ0n) is 7.87. The Morgan fingerprint density at radius 2 is 2.13 bits per heavy atom. The number of benzene rings is 1. The quantitative estimate of drug-likeness (QED) is 0.640. The minimum atomic E-state index is -0.527. The van der Waals surface area contributed by atoms with Crippen LogP contribution in [0.15, 0.2) is 27.4 Å². The number of hydrogen-bond donors (Lipinski definition) is 0. The molecule has 1 aromatic carbocycles. The molecule has 0 aliphatic carbocycles. The zero-order chi connectivity index (χ0) is 11.0. The molecule has 0 spiro atoms. The van der Waals surface area contributed by atoms with Crippen molar-refractivity contribution in [2.75, 3.05) is 0 Å². The van der Waals surface area contributed by atoms with E-state index in [0.29, 0.717) is 16.0 Å². The number of aryl methyl sites for hydroxylation is 1. The Bertz CT molecular complexity index is 637. The van der Waals surface area contributed by atoms with Crippen LogP contribution in [-0.4, -0.2) is 0 Å². The summed E-state index contributed by atoms with van der Waals surface area (Å²) in [4.78, 5) is 11.1. The van der Waals surface area contributed by atoms with Crippen molar-refractivity contribution in [3.05, 3.63) is 44.8 Å². The Balaban J connectivity index is 2.99. The van der Waals surface area contributed by atoms with Gasteiger partial charge in [0.15, 0.2) is 0 Å². The van der Waals surface area contributed by atoms with E-state index in [2.05, 4.69) is 0 Å². The van der Waals surface area contributed by atoms with Gasteiger partial charge in [0.1, 0.15) is 11.7 Å². The molecule has 0 saturated carbocycles. The second-order valence-corrected chi connectivity index (χ2v) is 3.60. The molecule has 0 unspecified atom stereocenters. The third kappa shape index (κ3) is 1.60.